The number of hydrogen-bond acceptors (Lipinski definition) is 1. The molecule has 0 aromatic rings. The van der Waals surface area contributed by atoms with E-state index in [1.165, 1.54) is 0 Å². The molecule has 3 heteroatoms. The van der Waals surface area contributed by atoms with Crippen molar-refractivity contribution in [3.05, 3.63) is 0 Å². The van der Waals surface area contributed by atoms with Gasteiger partial charge in [0.15, 0.2) is 0 Å². The predicted molar refractivity (Wildman–Crippen MR) is 42.9 cm³/mol. The molecule has 0 amide bonds. The third kappa shape index (κ3) is 2.28. The van der Waals surface area contributed by atoms with E-state index in [4.69, 9.17) is 0 Å². The van der Waals surface area contributed by atoms with Crippen molar-refractivity contribution in [1.82, 2.24) is 0 Å². The fourth-order valence-electron chi connectivity index (χ4n) is 0. The molecule has 0 aliphatic heterocycles. The van der Waals surface area contributed by atoms with E-state index in [1.54, 1.807) is 6.92 Å². The van der Waals surface area contributed by atoms with Gasteiger partial charge in [0, 0.05) is 0 Å². The maximum atomic E-state index is 9.33. The summed E-state index contributed by atoms with van der Waals surface area (Å²) >= 11 is 3.22. The van der Waals surface area contributed by atoms with Crippen molar-refractivity contribution in [3.8, 4) is 0 Å². The van der Waals surface area contributed by atoms with Crippen molar-refractivity contribution < 1.29 is 5.11 Å². The van der Waals surface area contributed by atoms with E-state index in [-0.39, 0.29) is 0 Å². The zero-order chi connectivity index (χ0) is 7.00. The van der Waals surface area contributed by atoms with Gasteiger partial charge >= 0.3 is 0 Å². The molecule has 50 valence electrons. The molecule has 0 fully saturated rings. The highest BCUT2D eigenvalue weighted by Gasteiger charge is 2.33. The Hall–Kier alpha value is 0.657. The van der Waals surface area contributed by atoms with Crippen LogP contribution in [-0.2, 0) is 0 Å². The van der Waals surface area contributed by atoms with E-state index in [1.807, 2.05) is 0 Å². The molecule has 1 nitrogen and oxygen atoms in total. The Kier molecular flexibility index (Phi) is 2.29. The molecular formula is C5H13BrOSi. The van der Waals surface area contributed by atoms with Gasteiger partial charge in [0.2, 0.25) is 0 Å². The van der Waals surface area contributed by atoms with E-state index in [0.717, 1.165) is 0 Å². The molecular weight excluding hydrogens is 184 g/mol. The first-order valence-corrected chi connectivity index (χ1v) is 6.96. The first-order valence-electron chi connectivity index (χ1n) is 2.66. The quantitative estimate of drug-likeness (QED) is 0.503. The molecule has 0 aromatic heterocycles. The number of aliphatic hydroxyl groups is 1. The third-order valence-corrected chi connectivity index (χ3v) is 7.68. The van der Waals surface area contributed by atoms with Crippen LogP contribution in [0.3, 0.4) is 0 Å². The maximum absolute atomic E-state index is 9.33. The second-order valence-corrected chi connectivity index (χ2v) is 11.0. The van der Waals surface area contributed by atoms with Crippen LogP contribution in [0.4, 0.5) is 0 Å². The molecule has 1 N–H and O–H groups in total. The largest absolute Gasteiger partial charge is 0.383 e. The Morgan fingerprint density at radius 1 is 1.38 bits per heavy atom. The standard InChI is InChI=1S/C5H13BrOSi/c1-5(6,7)8(2,3)4/h7H,1-4H3. The molecule has 8 heavy (non-hydrogen) atoms. The Morgan fingerprint density at radius 2 is 1.50 bits per heavy atom. The number of alkyl halides is 1. The zero-order valence-electron chi connectivity index (χ0n) is 5.83. The lowest BCUT2D eigenvalue weighted by molar-refractivity contribution is 0.238. The van der Waals surface area contributed by atoms with Crippen molar-refractivity contribution >= 4 is 24.0 Å². The van der Waals surface area contributed by atoms with Crippen LogP contribution in [0.5, 0.6) is 0 Å². The fraction of sp³-hybridized carbons (Fsp3) is 1.00. The molecule has 1 atom stereocenters. The van der Waals surface area contributed by atoms with Crippen LogP contribution in [0.1, 0.15) is 6.92 Å². The highest BCUT2D eigenvalue weighted by Crippen LogP contribution is 2.25. The molecule has 0 spiro atoms. The Morgan fingerprint density at radius 3 is 1.50 bits per heavy atom. The third-order valence-electron chi connectivity index (χ3n) is 1.37. The van der Waals surface area contributed by atoms with Gasteiger partial charge in [-0.1, -0.05) is 35.6 Å². The molecule has 0 heterocycles. The minimum Gasteiger partial charge on any atom is -0.383 e. The number of hydrogen-bond donors (Lipinski definition) is 1. The maximum Gasteiger partial charge on any atom is 0.104 e. The summed E-state index contributed by atoms with van der Waals surface area (Å²) in [5.74, 6) is 0. The monoisotopic (exact) mass is 196 g/mol. The van der Waals surface area contributed by atoms with Gasteiger partial charge in [0.05, 0.1) is 8.07 Å². The Bertz CT molecular complexity index is 67.4. The van der Waals surface area contributed by atoms with Crippen LogP contribution in [0, 0.1) is 0 Å². The molecule has 0 saturated carbocycles. The minimum atomic E-state index is -1.39. The molecule has 0 rings (SSSR count). The summed E-state index contributed by atoms with van der Waals surface area (Å²) in [6, 6.07) is 0. The van der Waals surface area contributed by atoms with E-state index in [2.05, 4.69) is 35.6 Å². The van der Waals surface area contributed by atoms with Crippen LogP contribution in [-0.4, -0.2) is 17.3 Å². The van der Waals surface area contributed by atoms with Gasteiger partial charge in [-0.3, -0.25) is 0 Å². The van der Waals surface area contributed by atoms with E-state index >= 15 is 0 Å². The van der Waals surface area contributed by atoms with E-state index in [9.17, 15) is 5.11 Å². The van der Waals surface area contributed by atoms with Crippen LogP contribution in [0.25, 0.3) is 0 Å². The van der Waals surface area contributed by atoms with Crippen molar-refractivity contribution in [2.75, 3.05) is 0 Å². The van der Waals surface area contributed by atoms with Crippen LogP contribution in [0.15, 0.2) is 0 Å². The number of rotatable bonds is 1. The highest BCUT2D eigenvalue weighted by molar-refractivity contribution is 9.10. The Balaban J connectivity index is 4.02. The van der Waals surface area contributed by atoms with Crippen molar-refractivity contribution in [3.63, 3.8) is 0 Å². The summed E-state index contributed by atoms with van der Waals surface area (Å²) in [7, 11) is -1.39. The summed E-state index contributed by atoms with van der Waals surface area (Å²) in [5, 5.41) is 9.33. The second-order valence-electron chi connectivity index (χ2n) is 3.20. The average molecular weight is 197 g/mol. The van der Waals surface area contributed by atoms with E-state index in [0.29, 0.717) is 0 Å². The molecule has 0 bridgehead atoms. The average Bonchev–Trinajstić information content (AvgIpc) is 1.25. The summed E-state index contributed by atoms with van der Waals surface area (Å²) in [6.45, 7) is 8.14. The number of halogens is 1. The van der Waals surface area contributed by atoms with Crippen molar-refractivity contribution in [2.24, 2.45) is 0 Å². The van der Waals surface area contributed by atoms with Gasteiger partial charge in [-0.05, 0) is 6.92 Å². The summed E-state index contributed by atoms with van der Waals surface area (Å²) in [5.41, 5.74) is 0. The van der Waals surface area contributed by atoms with Gasteiger partial charge < -0.3 is 5.11 Å². The van der Waals surface area contributed by atoms with Gasteiger partial charge in [-0.15, -0.1) is 0 Å². The smallest absolute Gasteiger partial charge is 0.104 e. The SMILES string of the molecule is CC(O)(Br)[Si](C)(C)C. The highest BCUT2D eigenvalue weighted by atomic mass is 79.9. The van der Waals surface area contributed by atoms with Gasteiger partial charge in [-0.2, -0.15) is 0 Å². The Labute approximate surface area is 60.2 Å². The van der Waals surface area contributed by atoms with Crippen molar-refractivity contribution in [2.45, 2.75) is 30.7 Å². The second kappa shape index (κ2) is 2.12. The lowest BCUT2D eigenvalue weighted by Crippen LogP contribution is -2.44. The lowest BCUT2D eigenvalue weighted by atomic mass is 10.9. The lowest BCUT2D eigenvalue weighted by Gasteiger charge is -2.28. The topological polar surface area (TPSA) is 20.2 Å². The first kappa shape index (κ1) is 8.66. The molecule has 0 aromatic carbocycles. The molecule has 1 unspecified atom stereocenters. The molecule has 0 radical (unpaired) electrons. The summed E-state index contributed by atoms with van der Waals surface area (Å²) in [6.07, 6.45) is 0. The predicted octanol–water partition coefficient (Wildman–Crippen LogP) is 1.97. The molecule has 0 aliphatic rings. The van der Waals surface area contributed by atoms with Crippen molar-refractivity contribution in [1.29, 1.82) is 0 Å². The minimum absolute atomic E-state index is 0.611. The van der Waals surface area contributed by atoms with Gasteiger partial charge in [-0.25, -0.2) is 0 Å². The molecule has 0 aliphatic carbocycles. The molecule has 0 saturated heterocycles. The normalized spacial score (nSPS) is 20.2. The summed E-state index contributed by atoms with van der Waals surface area (Å²) in [4.78, 5) is 0. The van der Waals surface area contributed by atoms with Crippen LogP contribution < -0.4 is 0 Å². The zero-order valence-corrected chi connectivity index (χ0v) is 8.41. The van der Waals surface area contributed by atoms with Gasteiger partial charge in [0.25, 0.3) is 0 Å². The van der Waals surface area contributed by atoms with Crippen LogP contribution in [0.2, 0.25) is 19.6 Å². The first-order chi connectivity index (χ1) is 3.25. The van der Waals surface area contributed by atoms with E-state index < -0.39 is 12.2 Å². The summed E-state index contributed by atoms with van der Waals surface area (Å²) < 4.78 is -0.611. The van der Waals surface area contributed by atoms with Crippen LogP contribution >= 0.6 is 15.9 Å². The van der Waals surface area contributed by atoms with Gasteiger partial charge in [0.1, 0.15) is 4.13 Å². The fourth-order valence-corrected chi connectivity index (χ4v) is 0.